The Morgan fingerprint density at radius 1 is 1.62 bits per heavy atom. The molecule has 1 aromatic heterocycles. The minimum Gasteiger partial charge on any atom is -0.383 e. The zero-order valence-corrected chi connectivity index (χ0v) is 7.63. The molecule has 1 aromatic rings. The summed E-state index contributed by atoms with van der Waals surface area (Å²) in [6, 6.07) is 3.28. The van der Waals surface area contributed by atoms with Gasteiger partial charge in [-0.1, -0.05) is 13.0 Å². The van der Waals surface area contributed by atoms with E-state index in [4.69, 9.17) is 11.5 Å². The molecule has 72 valence electrons. The van der Waals surface area contributed by atoms with Crippen LogP contribution < -0.4 is 11.5 Å². The van der Waals surface area contributed by atoms with Crippen molar-refractivity contribution < 1.29 is 4.39 Å². The van der Waals surface area contributed by atoms with E-state index in [0.717, 1.165) is 0 Å². The van der Waals surface area contributed by atoms with Gasteiger partial charge in [0, 0.05) is 18.3 Å². The fourth-order valence-corrected chi connectivity index (χ4v) is 1.24. The highest BCUT2D eigenvalue weighted by molar-refractivity contribution is 5.43. The molecule has 13 heavy (non-hydrogen) atoms. The molecule has 0 saturated carbocycles. The first-order valence-electron chi connectivity index (χ1n) is 4.24. The van der Waals surface area contributed by atoms with Gasteiger partial charge >= 0.3 is 0 Å². The average Bonchev–Trinajstić information content (AvgIpc) is 2.17. The van der Waals surface area contributed by atoms with Gasteiger partial charge < -0.3 is 11.5 Å². The minimum atomic E-state index is -1.54. The van der Waals surface area contributed by atoms with Crippen molar-refractivity contribution in [3.05, 3.63) is 23.9 Å². The smallest absolute Gasteiger partial charge is 0.151 e. The van der Waals surface area contributed by atoms with Crippen LogP contribution in [-0.4, -0.2) is 11.5 Å². The minimum absolute atomic E-state index is 0.0700. The van der Waals surface area contributed by atoms with Gasteiger partial charge in [-0.3, -0.25) is 0 Å². The predicted molar refractivity (Wildman–Crippen MR) is 50.8 cm³/mol. The van der Waals surface area contributed by atoms with Crippen LogP contribution in [0.1, 0.15) is 18.9 Å². The van der Waals surface area contributed by atoms with E-state index in [1.54, 1.807) is 19.1 Å². The van der Waals surface area contributed by atoms with Crippen molar-refractivity contribution in [2.75, 3.05) is 12.3 Å². The van der Waals surface area contributed by atoms with Gasteiger partial charge in [-0.15, -0.1) is 0 Å². The van der Waals surface area contributed by atoms with Gasteiger partial charge in [0.25, 0.3) is 0 Å². The largest absolute Gasteiger partial charge is 0.383 e. The lowest BCUT2D eigenvalue weighted by Crippen LogP contribution is -2.30. The van der Waals surface area contributed by atoms with Crippen LogP contribution in [0.3, 0.4) is 0 Å². The maximum Gasteiger partial charge on any atom is 0.151 e. The van der Waals surface area contributed by atoms with Gasteiger partial charge in [-0.2, -0.15) is 0 Å². The molecule has 1 unspecified atom stereocenters. The van der Waals surface area contributed by atoms with Gasteiger partial charge in [-0.05, 0) is 12.5 Å². The van der Waals surface area contributed by atoms with Gasteiger partial charge in [0.05, 0.1) is 0 Å². The third-order valence-corrected chi connectivity index (χ3v) is 2.21. The Hall–Kier alpha value is -1.16. The fourth-order valence-electron chi connectivity index (χ4n) is 1.24. The third kappa shape index (κ3) is 1.78. The molecule has 4 heteroatoms. The normalized spacial score (nSPS) is 15.3. The molecule has 0 spiro atoms. The Bertz CT molecular complexity index is 284. The molecule has 4 N–H and O–H groups in total. The standard InChI is InChI=1S/C9H14FN3/c1-2-9(10,6-11)7-4-3-5-13-8(7)12/h3-5H,2,6,11H2,1H3,(H2,12,13). The highest BCUT2D eigenvalue weighted by Gasteiger charge is 2.30. The van der Waals surface area contributed by atoms with Gasteiger partial charge in [0.15, 0.2) is 5.67 Å². The van der Waals surface area contributed by atoms with Gasteiger partial charge in [0.1, 0.15) is 5.82 Å². The van der Waals surface area contributed by atoms with E-state index in [1.165, 1.54) is 6.20 Å². The maximum absolute atomic E-state index is 14.0. The van der Waals surface area contributed by atoms with Crippen LogP contribution in [0.25, 0.3) is 0 Å². The van der Waals surface area contributed by atoms with E-state index >= 15 is 0 Å². The van der Waals surface area contributed by atoms with Crippen LogP contribution in [-0.2, 0) is 5.67 Å². The summed E-state index contributed by atoms with van der Waals surface area (Å²) in [5, 5.41) is 0. The van der Waals surface area contributed by atoms with Crippen LogP contribution in [0.2, 0.25) is 0 Å². The number of halogens is 1. The van der Waals surface area contributed by atoms with Crippen molar-refractivity contribution in [2.24, 2.45) is 5.73 Å². The molecular formula is C9H14FN3. The van der Waals surface area contributed by atoms with Crippen molar-refractivity contribution in [2.45, 2.75) is 19.0 Å². The number of aromatic nitrogens is 1. The molecule has 0 radical (unpaired) electrons. The summed E-state index contributed by atoms with van der Waals surface area (Å²) in [6.45, 7) is 1.67. The number of rotatable bonds is 3. The second kappa shape index (κ2) is 3.70. The monoisotopic (exact) mass is 183 g/mol. The fraction of sp³-hybridized carbons (Fsp3) is 0.444. The van der Waals surface area contributed by atoms with Crippen LogP contribution in [0.4, 0.5) is 10.2 Å². The molecule has 0 bridgehead atoms. The quantitative estimate of drug-likeness (QED) is 0.740. The molecule has 0 aliphatic rings. The number of alkyl halides is 1. The lowest BCUT2D eigenvalue weighted by molar-refractivity contribution is 0.169. The summed E-state index contributed by atoms with van der Waals surface area (Å²) >= 11 is 0. The lowest BCUT2D eigenvalue weighted by Gasteiger charge is -2.22. The molecule has 0 saturated heterocycles. The maximum atomic E-state index is 14.0. The van der Waals surface area contributed by atoms with Crippen LogP contribution in [0.15, 0.2) is 18.3 Å². The summed E-state index contributed by atoms with van der Waals surface area (Å²) in [5.74, 6) is 0.220. The van der Waals surface area contributed by atoms with E-state index in [1.807, 2.05) is 0 Å². The van der Waals surface area contributed by atoms with Crippen LogP contribution >= 0.6 is 0 Å². The second-order valence-corrected chi connectivity index (χ2v) is 2.96. The predicted octanol–water partition coefficient (Wildman–Crippen LogP) is 1.20. The molecule has 0 aromatic carbocycles. The Morgan fingerprint density at radius 3 is 2.77 bits per heavy atom. The second-order valence-electron chi connectivity index (χ2n) is 2.96. The number of pyridine rings is 1. The van der Waals surface area contributed by atoms with Crippen LogP contribution in [0.5, 0.6) is 0 Å². The summed E-state index contributed by atoms with van der Waals surface area (Å²) in [4.78, 5) is 3.82. The molecule has 1 heterocycles. The number of hydrogen-bond donors (Lipinski definition) is 2. The summed E-state index contributed by atoms with van der Waals surface area (Å²) in [5.41, 5.74) is 9.76. The van der Waals surface area contributed by atoms with Gasteiger partial charge in [-0.25, -0.2) is 9.37 Å². The molecule has 0 fully saturated rings. The highest BCUT2D eigenvalue weighted by Crippen LogP contribution is 2.31. The zero-order valence-electron chi connectivity index (χ0n) is 7.63. The zero-order chi connectivity index (χ0) is 9.90. The molecule has 0 aliphatic carbocycles. The topological polar surface area (TPSA) is 64.9 Å². The number of nitrogens with zero attached hydrogens (tertiary/aromatic N) is 1. The molecule has 1 atom stereocenters. The Balaban J connectivity index is 3.12. The Kier molecular flexibility index (Phi) is 2.83. The van der Waals surface area contributed by atoms with Crippen molar-refractivity contribution in [3.63, 3.8) is 0 Å². The van der Waals surface area contributed by atoms with Crippen LogP contribution in [0, 0.1) is 0 Å². The molecule has 0 amide bonds. The molecule has 1 rings (SSSR count). The van der Waals surface area contributed by atoms with E-state index in [0.29, 0.717) is 12.0 Å². The molecular weight excluding hydrogens is 169 g/mol. The Morgan fingerprint density at radius 2 is 2.31 bits per heavy atom. The Labute approximate surface area is 77.0 Å². The van der Waals surface area contributed by atoms with E-state index in [9.17, 15) is 4.39 Å². The number of nitrogen functional groups attached to an aromatic ring is 1. The van der Waals surface area contributed by atoms with Crippen molar-refractivity contribution in [1.82, 2.24) is 4.98 Å². The van der Waals surface area contributed by atoms with Crippen molar-refractivity contribution in [1.29, 1.82) is 0 Å². The average molecular weight is 183 g/mol. The first-order valence-corrected chi connectivity index (χ1v) is 4.24. The van der Waals surface area contributed by atoms with Gasteiger partial charge in [0.2, 0.25) is 0 Å². The molecule has 3 nitrogen and oxygen atoms in total. The summed E-state index contributed by atoms with van der Waals surface area (Å²) in [7, 11) is 0. The van der Waals surface area contributed by atoms with Crippen molar-refractivity contribution >= 4 is 5.82 Å². The number of anilines is 1. The van der Waals surface area contributed by atoms with Crippen molar-refractivity contribution in [3.8, 4) is 0 Å². The van der Waals surface area contributed by atoms with E-state index < -0.39 is 5.67 Å². The van der Waals surface area contributed by atoms with E-state index in [-0.39, 0.29) is 12.4 Å². The lowest BCUT2D eigenvalue weighted by atomic mass is 9.94. The van der Waals surface area contributed by atoms with E-state index in [2.05, 4.69) is 4.98 Å². The first-order chi connectivity index (χ1) is 6.14. The first kappa shape index (κ1) is 9.92. The number of nitrogens with two attached hydrogens (primary N) is 2. The highest BCUT2D eigenvalue weighted by atomic mass is 19.1. The molecule has 0 aliphatic heterocycles. The SMILES string of the molecule is CCC(F)(CN)c1cccnc1N. The third-order valence-electron chi connectivity index (χ3n) is 2.21. The summed E-state index contributed by atoms with van der Waals surface area (Å²) < 4.78 is 14.0. The number of hydrogen-bond acceptors (Lipinski definition) is 3. The summed E-state index contributed by atoms with van der Waals surface area (Å²) in [6.07, 6.45) is 1.84.